The molecule has 3 nitrogen and oxygen atoms in total. The first-order valence-corrected chi connectivity index (χ1v) is 6.30. The summed E-state index contributed by atoms with van der Waals surface area (Å²) >= 11 is 5.92. The number of carbonyl (C=O) groups excluding carboxylic acids is 1. The fraction of sp³-hybridized carbons (Fsp3) is 0.462. The number of halogens is 1. The number of anilines is 1. The quantitative estimate of drug-likeness (QED) is 0.847. The van der Waals surface area contributed by atoms with Crippen LogP contribution in [0.5, 0.6) is 0 Å². The fourth-order valence-electron chi connectivity index (χ4n) is 1.45. The van der Waals surface area contributed by atoms with Crippen LogP contribution in [0.15, 0.2) is 18.2 Å². The molecule has 94 valence electrons. The maximum Gasteiger partial charge on any atom is 0.253 e. The van der Waals surface area contributed by atoms with Gasteiger partial charge in [0.1, 0.15) is 0 Å². The highest BCUT2D eigenvalue weighted by molar-refractivity contribution is 6.31. The summed E-state index contributed by atoms with van der Waals surface area (Å²) in [6.45, 7) is 6.78. The van der Waals surface area contributed by atoms with Crippen LogP contribution in [0.3, 0.4) is 0 Å². The Bertz CT molecular complexity index is 393. The van der Waals surface area contributed by atoms with E-state index in [1.165, 1.54) is 0 Å². The maximum absolute atomic E-state index is 12.1. The highest BCUT2D eigenvalue weighted by atomic mass is 35.5. The Morgan fingerprint density at radius 2 is 2.12 bits per heavy atom. The molecule has 0 spiro atoms. The number of carbonyl (C=O) groups is 1. The maximum atomic E-state index is 12.1. The smallest absolute Gasteiger partial charge is 0.253 e. The normalized spacial score (nSPS) is 12.0. The molecule has 0 fully saturated rings. The molecule has 0 heterocycles. The van der Waals surface area contributed by atoms with Gasteiger partial charge < -0.3 is 10.6 Å². The molecular formula is C13H19ClN2O. The Balaban J connectivity index is 2.93. The fourth-order valence-corrected chi connectivity index (χ4v) is 1.62. The minimum atomic E-state index is -0.0854. The van der Waals surface area contributed by atoms with Gasteiger partial charge in [-0.05, 0) is 38.5 Å². The summed E-state index contributed by atoms with van der Waals surface area (Å²) in [4.78, 5) is 12.1. The molecule has 1 aromatic rings. The van der Waals surface area contributed by atoms with Crippen LogP contribution >= 0.6 is 11.6 Å². The van der Waals surface area contributed by atoms with Gasteiger partial charge in [0.05, 0.1) is 5.56 Å². The van der Waals surface area contributed by atoms with Crippen LogP contribution in [0.4, 0.5) is 5.69 Å². The van der Waals surface area contributed by atoms with E-state index in [1.807, 2.05) is 26.8 Å². The summed E-state index contributed by atoms with van der Waals surface area (Å²) in [6, 6.07) is 5.46. The highest BCUT2D eigenvalue weighted by Crippen LogP contribution is 2.20. The van der Waals surface area contributed by atoms with Gasteiger partial charge in [0.25, 0.3) is 5.91 Å². The molecule has 4 heteroatoms. The van der Waals surface area contributed by atoms with Crippen LogP contribution < -0.4 is 10.6 Å². The Kier molecular flexibility index (Phi) is 5.29. The van der Waals surface area contributed by atoms with Crippen LogP contribution in [0.25, 0.3) is 0 Å². The molecule has 1 rings (SSSR count). The third kappa shape index (κ3) is 3.93. The van der Waals surface area contributed by atoms with E-state index in [1.54, 1.807) is 12.1 Å². The average Bonchev–Trinajstić information content (AvgIpc) is 2.31. The molecule has 0 saturated heterocycles. The van der Waals surface area contributed by atoms with Gasteiger partial charge in [-0.15, -0.1) is 0 Å². The van der Waals surface area contributed by atoms with E-state index in [9.17, 15) is 4.79 Å². The van der Waals surface area contributed by atoms with Gasteiger partial charge in [-0.2, -0.15) is 0 Å². The number of hydrogen-bond acceptors (Lipinski definition) is 2. The Labute approximate surface area is 108 Å². The number of nitrogens with one attached hydrogen (secondary N) is 2. The number of amides is 1. The Hall–Kier alpha value is -1.22. The molecule has 1 amide bonds. The monoisotopic (exact) mass is 254 g/mol. The van der Waals surface area contributed by atoms with Crippen molar-refractivity contribution in [3.05, 3.63) is 28.8 Å². The van der Waals surface area contributed by atoms with Crippen molar-refractivity contribution >= 4 is 23.2 Å². The van der Waals surface area contributed by atoms with Gasteiger partial charge in [-0.25, -0.2) is 0 Å². The molecule has 0 aliphatic rings. The van der Waals surface area contributed by atoms with E-state index in [4.69, 9.17) is 11.6 Å². The van der Waals surface area contributed by atoms with Crippen molar-refractivity contribution in [2.24, 2.45) is 0 Å². The van der Waals surface area contributed by atoms with Crippen LogP contribution in [0.2, 0.25) is 5.02 Å². The SMILES string of the molecule is CCNc1ccc(Cl)cc1C(=O)NC(C)CC. The lowest BCUT2D eigenvalue weighted by Crippen LogP contribution is -2.32. The van der Waals surface area contributed by atoms with Crippen LogP contribution in [0, 0.1) is 0 Å². The first-order chi connectivity index (χ1) is 8.08. The van der Waals surface area contributed by atoms with Crippen molar-refractivity contribution in [2.45, 2.75) is 33.2 Å². The van der Waals surface area contributed by atoms with Crippen molar-refractivity contribution in [3.8, 4) is 0 Å². The molecule has 0 saturated carbocycles. The molecular weight excluding hydrogens is 236 g/mol. The van der Waals surface area contributed by atoms with Crippen molar-refractivity contribution < 1.29 is 4.79 Å². The topological polar surface area (TPSA) is 41.1 Å². The summed E-state index contributed by atoms with van der Waals surface area (Å²) in [5.41, 5.74) is 1.41. The molecule has 17 heavy (non-hydrogen) atoms. The van der Waals surface area contributed by atoms with Crippen molar-refractivity contribution in [3.63, 3.8) is 0 Å². The minimum absolute atomic E-state index is 0.0854. The molecule has 0 aliphatic carbocycles. The van der Waals surface area contributed by atoms with Gasteiger partial charge in [-0.3, -0.25) is 4.79 Å². The molecule has 0 radical (unpaired) electrons. The molecule has 0 aromatic heterocycles. The van der Waals surface area contributed by atoms with E-state index in [2.05, 4.69) is 10.6 Å². The largest absolute Gasteiger partial charge is 0.385 e. The minimum Gasteiger partial charge on any atom is -0.385 e. The molecule has 1 aromatic carbocycles. The third-order valence-electron chi connectivity index (χ3n) is 2.58. The third-order valence-corrected chi connectivity index (χ3v) is 2.82. The highest BCUT2D eigenvalue weighted by Gasteiger charge is 2.13. The van der Waals surface area contributed by atoms with Crippen molar-refractivity contribution in [1.29, 1.82) is 0 Å². The van der Waals surface area contributed by atoms with Gasteiger partial charge in [0.2, 0.25) is 0 Å². The van der Waals surface area contributed by atoms with Crippen molar-refractivity contribution in [2.75, 3.05) is 11.9 Å². The van der Waals surface area contributed by atoms with Gasteiger partial charge in [0, 0.05) is 23.3 Å². The summed E-state index contributed by atoms with van der Waals surface area (Å²) in [5, 5.41) is 6.66. The first kappa shape index (κ1) is 13.8. The van der Waals surface area contributed by atoms with E-state index in [0.717, 1.165) is 18.7 Å². The first-order valence-electron chi connectivity index (χ1n) is 5.92. The standard InChI is InChI=1S/C13H19ClN2O/c1-4-9(3)16-13(17)11-8-10(14)6-7-12(11)15-5-2/h6-9,15H,4-5H2,1-3H3,(H,16,17). The van der Waals surface area contributed by atoms with Gasteiger partial charge in [-0.1, -0.05) is 18.5 Å². The summed E-state index contributed by atoms with van der Waals surface area (Å²) in [7, 11) is 0. The lowest BCUT2D eigenvalue weighted by Gasteiger charge is -2.14. The predicted octanol–water partition coefficient (Wildman–Crippen LogP) is 3.30. The van der Waals surface area contributed by atoms with E-state index in [0.29, 0.717) is 10.6 Å². The Morgan fingerprint density at radius 1 is 1.41 bits per heavy atom. The lowest BCUT2D eigenvalue weighted by molar-refractivity contribution is 0.0940. The second-order valence-electron chi connectivity index (χ2n) is 4.00. The summed E-state index contributed by atoms with van der Waals surface area (Å²) in [5.74, 6) is -0.0854. The van der Waals surface area contributed by atoms with E-state index in [-0.39, 0.29) is 11.9 Å². The molecule has 2 N–H and O–H groups in total. The number of benzene rings is 1. The zero-order chi connectivity index (χ0) is 12.8. The summed E-state index contributed by atoms with van der Waals surface area (Å²) < 4.78 is 0. The second-order valence-corrected chi connectivity index (χ2v) is 4.44. The van der Waals surface area contributed by atoms with Crippen molar-refractivity contribution in [1.82, 2.24) is 5.32 Å². The number of rotatable bonds is 5. The molecule has 0 bridgehead atoms. The summed E-state index contributed by atoms with van der Waals surface area (Å²) in [6.07, 6.45) is 0.906. The zero-order valence-electron chi connectivity index (χ0n) is 10.5. The van der Waals surface area contributed by atoms with E-state index < -0.39 is 0 Å². The molecule has 0 aliphatic heterocycles. The van der Waals surface area contributed by atoms with Crippen LogP contribution in [-0.2, 0) is 0 Å². The van der Waals surface area contributed by atoms with Gasteiger partial charge in [0.15, 0.2) is 0 Å². The Morgan fingerprint density at radius 3 is 2.71 bits per heavy atom. The van der Waals surface area contributed by atoms with Crippen LogP contribution in [-0.4, -0.2) is 18.5 Å². The number of hydrogen-bond donors (Lipinski definition) is 2. The molecule has 1 unspecified atom stereocenters. The predicted molar refractivity (Wildman–Crippen MR) is 72.8 cm³/mol. The van der Waals surface area contributed by atoms with E-state index >= 15 is 0 Å². The van der Waals surface area contributed by atoms with Crippen LogP contribution in [0.1, 0.15) is 37.6 Å². The zero-order valence-corrected chi connectivity index (χ0v) is 11.3. The van der Waals surface area contributed by atoms with Gasteiger partial charge >= 0.3 is 0 Å². The average molecular weight is 255 g/mol. The second kappa shape index (κ2) is 6.50. The molecule has 1 atom stereocenters. The lowest BCUT2D eigenvalue weighted by atomic mass is 10.1.